The van der Waals surface area contributed by atoms with Crippen LogP contribution in [0.5, 0.6) is 0 Å². The molecule has 1 aromatic rings. The molecular weight excluding hydrogens is 163 g/mol. The van der Waals surface area contributed by atoms with E-state index in [9.17, 15) is 0 Å². The Bertz CT molecular complexity index is 225. The molecule has 12 heavy (non-hydrogen) atoms. The molecule has 0 aliphatic heterocycles. The van der Waals surface area contributed by atoms with Gasteiger partial charge in [0.2, 0.25) is 0 Å². The maximum absolute atomic E-state index is 2.71. The van der Waals surface area contributed by atoms with Crippen LogP contribution in [0.25, 0.3) is 0 Å². The van der Waals surface area contributed by atoms with E-state index in [0.29, 0.717) is 5.92 Å². The molecule has 0 saturated carbocycles. The van der Waals surface area contributed by atoms with Gasteiger partial charge in [-0.3, -0.25) is 0 Å². The average Bonchev–Trinajstić information content (AvgIpc) is 2.06. The zero-order chi connectivity index (χ0) is 8.97. The van der Waals surface area contributed by atoms with Gasteiger partial charge in [-0.05, 0) is 23.2 Å². The van der Waals surface area contributed by atoms with Crippen LogP contribution in [-0.4, -0.2) is 0 Å². The minimum Gasteiger partial charge on any atom is -0.106 e. The van der Waals surface area contributed by atoms with E-state index in [-0.39, 0.29) is 0 Å². The fourth-order valence-corrected chi connectivity index (χ4v) is 1.62. The summed E-state index contributed by atoms with van der Waals surface area (Å²) in [5, 5.41) is 1.27. The van der Waals surface area contributed by atoms with Gasteiger partial charge in [0.1, 0.15) is 0 Å². The van der Waals surface area contributed by atoms with Gasteiger partial charge < -0.3 is 0 Å². The molecular formula is C11H17P. The van der Waals surface area contributed by atoms with Crippen molar-refractivity contribution in [1.82, 2.24) is 0 Å². The van der Waals surface area contributed by atoms with Gasteiger partial charge in [-0.2, -0.15) is 0 Å². The highest BCUT2D eigenvalue weighted by atomic mass is 31.0. The quantitative estimate of drug-likeness (QED) is 0.627. The van der Waals surface area contributed by atoms with Gasteiger partial charge >= 0.3 is 0 Å². The molecule has 0 aromatic heterocycles. The average molecular weight is 180 g/mol. The number of rotatable bonds is 3. The number of hydrogen-bond acceptors (Lipinski definition) is 0. The van der Waals surface area contributed by atoms with Gasteiger partial charge in [-0.15, -0.1) is 9.24 Å². The minimum absolute atomic E-state index is 0.709. The number of benzene rings is 1. The van der Waals surface area contributed by atoms with Crippen LogP contribution in [0.1, 0.15) is 38.2 Å². The molecule has 0 N–H and O–H groups in total. The number of hydrogen-bond donors (Lipinski definition) is 0. The van der Waals surface area contributed by atoms with Gasteiger partial charge in [-0.1, -0.05) is 44.5 Å². The maximum atomic E-state index is 2.71. The van der Waals surface area contributed by atoms with Crippen molar-refractivity contribution in [2.75, 3.05) is 0 Å². The van der Waals surface area contributed by atoms with E-state index in [1.54, 1.807) is 0 Å². The van der Waals surface area contributed by atoms with Gasteiger partial charge in [0.05, 0.1) is 0 Å². The Morgan fingerprint density at radius 2 is 1.83 bits per heavy atom. The van der Waals surface area contributed by atoms with Gasteiger partial charge in [0.25, 0.3) is 0 Å². The van der Waals surface area contributed by atoms with Gasteiger partial charge in [-0.25, -0.2) is 0 Å². The SMILES string of the molecule is CCCC(C)c1ccc(P)cc1. The molecule has 0 saturated heterocycles. The van der Waals surface area contributed by atoms with Crippen LogP contribution < -0.4 is 5.30 Å². The third-order valence-corrected chi connectivity index (χ3v) is 2.61. The van der Waals surface area contributed by atoms with Crippen molar-refractivity contribution < 1.29 is 0 Å². The Kier molecular flexibility index (Phi) is 3.75. The van der Waals surface area contributed by atoms with Crippen LogP contribution in [0.15, 0.2) is 24.3 Å². The van der Waals surface area contributed by atoms with Crippen LogP contribution in [0.2, 0.25) is 0 Å². The lowest BCUT2D eigenvalue weighted by atomic mass is 9.97. The first-order valence-corrected chi connectivity index (χ1v) is 5.17. The van der Waals surface area contributed by atoms with Crippen molar-refractivity contribution in [3.05, 3.63) is 29.8 Å². The molecule has 0 fully saturated rings. The van der Waals surface area contributed by atoms with Gasteiger partial charge in [0.15, 0.2) is 0 Å². The molecule has 2 unspecified atom stereocenters. The molecule has 0 radical (unpaired) electrons. The van der Waals surface area contributed by atoms with Crippen molar-refractivity contribution in [2.24, 2.45) is 0 Å². The molecule has 1 aromatic carbocycles. The third-order valence-electron chi connectivity index (χ3n) is 2.23. The van der Waals surface area contributed by atoms with Gasteiger partial charge in [0, 0.05) is 0 Å². The predicted molar refractivity (Wildman–Crippen MR) is 59.1 cm³/mol. The minimum atomic E-state index is 0.709. The summed E-state index contributed by atoms with van der Waals surface area (Å²) >= 11 is 0. The Morgan fingerprint density at radius 1 is 1.25 bits per heavy atom. The molecule has 0 spiro atoms. The lowest BCUT2D eigenvalue weighted by molar-refractivity contribution is 0.665. The standard InChI is InChI=1S/C11H17P/c1-3-4-9(2)10-5-7-11(12)8-6-10/h5-9H,3-4,12H2,1-2H3. The smallest absolute Gasteiger partial charge is 0.0190 e. The predicted octanol–water partition coefficient (Wildman–Crippen LogP) is 3.09. The van der Waals surface area contributed by atoms with E-state index in [0.717, 1.165) is 0 Å². The van der Waals surface area contributed by atoms with Crippen molar-refractivity contribution >= 4 is 14.5 Å². The van der Waals surface area contributed by atoms with Crippen LogP contribution in [0.4, 0.5) is 0 Å². The molecule has 0 nitrogen and oxygen atoms in total. The fraction of sp³-hybridized carbons (Fsp3) is 0.455. The van der Waals surface area contributed by atoms with Crippen molar-refractivity contribution in [3.8, 4) is 0 Å². The maximum Gasteiger partial charge on any atom is -0.0190 e. The monoisotopic (exact) mass is 180 g/mol. The van der Waals surface area contributed by atoms with E-state index in [1.807, 2.05) is 0 Å². The van der Waals surface area contributed by atoms with E-state index in [2.05, 4.69) is 47.4 Å². The Labute approximate surface area is 77.6 Å². The van der Waals surface area contributed by atoms with E-state index >= 15 is 0 Å². The molecule has 0 bridgehead atoms. The molecule has 0 heterocycles. The molecule has 2 atom stereocenters. The van der Waals surface area contributed by atoms with Crippen molar-refractivity contribution in [2.45, 2.75) is 32.6 Å². The molecule has 0 aliphatic rings. The highest BCUT2D eigenvalue weighted by Crippen LogP contribution is 2.19. The summed E-state index contributed by atoms with van der Waals surface area (Å²) in [6.45, 7) is 4.53. The van der Waals surface area contributed by atoms with Crippen molar-refractivity contribution in [3.63, 3.8) is 0 Å². The summed E-state index contributed by atoms with van der Waals surface area (Å²) in [6.07, 6.45) is 2.56. The van der Waals surface area contributed by atoms with Crippen molar-refractivity contribution in [1.29, 1.82) is 0 Å². The zero-order valence-corrected chi connectivity index (χ0v) is 9.03. The lowest BCUT2D eigenvalue weighted by Gasteiger charge is -2.09. The summed E-state index contributed by atoms with van der Waals surface area (Å²) in [4.78, 5) is 0. The van der Waals surface area contributed by atoms with E-state index < -0.39 is 0 Å². The second kappa shape index (κ2) is 4.62. The van der Waals surface area contributed by atoms with Crippen LogP contribution in [0, 0.1) is 0 Å². The first-order valence-electron chi connectivity index (χ1n) is 4.59. The van der Waals surface area contributed by atoms with E-state index in [1.165, 1.54) is 23.7 Å². The molecule has 66 valence electrons. The highest BCUT2D eigenvalue weighted by molar-refractivity contribution is 7.27. The molecule has 1 rings (SSSR count). The summed E-state index contributed by atoms with van der Waals surface area (Å²) < 4.78 is 0. The van der Waals surface area contributed by atoms with Crippen LogP contribution in [-0.2, 0) is 0 Å². The van der Waals surface area contributed by atoms with E-state index in [4.69, 9.17) is 0 Å². The Morgan fingerprint density at radius 3 is 2.33 bits per heavy atom. The normalized spacial score (nSPS) is 12.9. The molecule has 1 heteroatoms. The van der Waals surface area contributed by atoms with Crippen LogP contribution in [0.3, 0.4) is 0 Å². The first kappa shape index (κ1) is 9.74. The topological polar surface area (TPSA) is 0 Å². The highest BCUT2D eigenvalue weighted by Gasteiger charge is 2.02. The zero-order valence-electron chi connectivity index (χ0n) is 7.88. The third kappa shape index (κ3) is 2.60. The largest absolute Gasteiger partial charge is 0.106 e. The van der Waals surface area contributed by atoms with Crippen LogP contribution >= 0.6 is 9.24 Å². The fourth-order valence-electron chi connectivity index (χ4n) is 1.42. The molecule has 0 aliphatic carbocycles. The summed E-state index contributed by atoms with van der Waals surface area (Å²) in [7, 11) is 2.71. The summed E-state index contributed by atoms with van der Waals surface area (Å²) in [5.74, 6) is 0.709. The Hall–Kier alpha value is -0.350. The first-order chi connectivity index (χ1) is 5.74. The summed E-state index contributed by atoms with van der Waals surface area (Å²) in [6, 6.07) is 8.77. The lowest BCUT2D eigenvalue weighted by Crippen LogP contribution is -1.95. The second-order valence-electron chi connectivity index (χ2n) is 3.36. The summed E-state index contributed by atoms with van der Waals surface area (Å²) in [5.41, 5.74) is 1.46. The second-order valence-corrected chi connectivity index (χ2v) is 4.02. The Balaban J connectivity index is 2.68. The molecule has 0 amide bonds.